The van der Waals surface area contributed by atoms with Gasteiger partial charge in [-0.1, -0.05) is 0 Å². The van der Waals surface area contributed by atoms with Gasteiger partial charge < -0.3 is 16.2 Å². The molecule has 9 nitrogen and oxygen atoms in total. The van der Waals surface area contributed by atoms with E-state index in [1.165, 1.54) is 14.0 Å². The fraction of sp³-hybridized carbons (Fsp3) is 0.556. The van der Waals surface area contributed by atoms with E-state index in [0.717, 1.165) is 4.90 Å². The summed E-state index contributed by atoms with van der Waals surface area (Å²) in [5.41, 5.74) is 4.95. The number of urea groups is 1. The van der Waals surface area contributed by atoms with Gasteiger partial charge in [-0.25, -0.2) is 4.79 Å². The average molecular weight is 260 g/mol. The molecule has 0 aromatic heterocycles. The van der Waals surface area contributed by atoms with Gasteiger partial charge in [-0.3, -0.25) is 24.6 Å². The second-order valence-electron chi connectivity index (χ2n) is 3.51. The molecule has 18 heavy (non-hydrogen) atoms. The lowest BCUT2D eigenvalue weighted by Gasteiger charge is -2.24. The molecule has 4 amide bonds. The molecule has 0 aliphatic heterocycles. The quantitative estimate of drug-likeness (QED) is 0.423. The molecular formula is C9H16N4O5. The number of carboxylic acid groups (broad SMARTS) is 1. The standard InChI is InChI=1S/C9H16N4O5/c1-5(8(17)12-9(18)11-2)13(3-6(10)14)4-7(15)16/h5H,3-4H2,1-2H3,(H2,10,14)(H,15,16)(H2,11,12,17,18). The molecule has 102 valence electrons. The molecule has 1 unspecified atom stereocenters. The molecule has 5 N–H and O–H groups in total. The van der Waals surface area contributed by atoms with E-state index in [2.05, 4.69) is 5.32 Å². The van der Waals surface area contributed by atoms with E-state index in [9.17, 15) is 19.2 Å². The normalized spacial score (nSPS) is 11.7. The number of carbonyl (C=O) groups is 4. The van der Waals surface area contributed by atoms with Crippen LogP contribution in [0.2, 0.25) is 0 Å². The fourth-order valence-electron chi connectivity index (χ4n) is 1.15. The largest absolute Gasteiger partial charge is 0.480 e. The first-order chi connectivity index (χ1) is 8.27. The maximum Gasteiger partial charge on any atom is 0.321 e. The van der Waals surface area contributed by atoms with Crippen LogP contribution in [0, 0.1) is 0 Å². The Hall–Kier alpha value is -2.16. The van der Waals surface area contributed by atoms with Crippen LogP contribution in [0.5, 0.6) is 0 Å². The molecule has 0 aliphatic rings. The molecular weight excluding hydrogens is 244 g/mol. The Bertz CT molecular complexity index is 341. The number of nitrogens with one attached hydrogen (secondary N) is 2. The summed E-state index contributed by atoms with van der Waals surface area (Å²) in [7, 11) is 1.33. The number of nitrogens with two attached hydrogens (primary N) is 1. The van der Waals surface area contributed by atoms with E-state index in [-0.39, 0.29) is 0 Å². The number of rotatable bonds is 6. The van der Waals surface area contributed by atoms with Gasteiger partial charge in [-0.2, -0.15) is 0 Å². The van der Waals surface area contributed by atoms with Gasteiger partial charge >= 0.3 is 12.0 Å². The van der Waals surface area contributed by atoms with E-state index in [0.29, 0.717) is 0 Å². The number of carbonyl (C=O) groups excluding carboxylic acids is 3. The number of nitrogens with zero attached hydrogens (tertiary/aromatic N) is 1. The van der Waals surface area contributed by atoms with Crippen molar-refractivity contribution >= 4 is 23.8 Å². The summed E-state index contributed by atoms with van der Waals surface area (Å²) in [5, 5.41) is 12.8. The second kappa shape index (κ2) is 7.22. The molecule has 0 fully saturated rings. The number of hydrogen-bond acceptors (Lipinski definition) is 5. The summed E-state index contributed by atoms with van der Waals surface area (Å²) in [6.45, 7) is 0.435. The van der Waals surface area contributed by atoms with Crippen LogP contribution in [0.25, 0.3) is 0 Å². The monoisotopic (exact) mass is 260 g/mol. The van der Waals surface area contributed by atoms with Crippen LogP contribution in [0.3, 0.4) is 0 Å². The lowest BCUT2D eigenvalue weighted by Crippen LogP contribution is -2.52. The number of amides is 4. The summed E-state index contributed by atoms with van der Waals surface area (Å²) in [4.78, 5) is 44.9. The number of aliphatic carboxylic acids is 1. The summed E-state index contributed by atoms with van der Waals surface area (Å²) in [6, 6.07) is -1.70. The minimum Gasteiger partial charge on any atom is -0.480 e. The van der Waals surface area contributed by atoms with Crippen molar-refractivity contribution in [3.8, 4) is 0 Å². The predicted molar refractivity (Wildman–Crippen MR) is 60.5 cm³/mol. The number of primary amides is 1. The molecule has 0 spiro atoms. The first-order valence-electron chi connectivity index (χ1n) is 5.04. The van der Waals surface area contributed by atoms with Crippen LogP contribution in [-0.2, 0) is 14.4 Å². The topological polar surface area (TPSA) is 142 Å². The zero-order chi connectivity index (χ0) is 14.3. The molecule has 0 rings (SSSR count). The van der Waals surface area contributed by atoms with Crippen molar-refractivity contribution in [2.24, 2.45) is 5.73 Å². The maximum atomic E-state index is 11.6. The highest BCUT2D eigenvalue weighted by Gasteiger charge is 2.25. The highest BCUT2D eigenvalue weighted by atomic mass is 16.4. The minimum absolute atomic E-state index is 0.394. The average Bonchev–Trinajstić information content (AvgIpc) is 2.25. The fourth-order valence-corrected chi connectivity index (χ4v) is 1.15. The Morgan fingerprint density at radius 3 is 2.22 bits per heavy atom. The molecule has 0 saturated heterocycles. The third kappa shape index (κ3) is 5.80. The first-order valence-corrected chi connectivity index (χ1v) is 5.04. The van der Waals surface area contributed by atoms with Crippen LogP contribution in [0.15, 0.2) is 0 Å². The summed E-state index contributed by atoms with van der Waals surface area (Å²) >= 11 is 0. The van der Waals surface area contributed by atoms with Crippen molar-refractivity contribution in [1.82, 2.24) is 15.5 Å². The Labute approximate surface area is 103 Å². The van der Waals surface area contributed by atoms with Gasteiger partial charge in [-0.05, 0) is 6.92 Å². The lowest BCUT2D eigenvalue weighted by atomic mass is 10.2. The van der Waals surface area contributed by atoms with Gasteiger partial charge in [0.25, 0.3) is 0 Å². The van der Waals surface area contributed by atoms with Gasteiger partial charge in [0.1, 0.15) is 0 Å². The molecule has 0 aliphatic carbocycles. The second-order valence-corrected chi connectivity index (χ2v) is 3.51. The smallest absolute Gasteiger partial charge is 0.321 e. The highest BCUT2D eigenvalue weighted by Crippen LogP contribution is 1.99. The van der Waals surface area contributed by atoms with Crippen LogP contribution in [-0.4, -0.2) is 60.0 Å². The Morgan fingerprint density at radius 1 is 1.28 bits per heavy atom. The molecule has 0 aromatic rings. The van der Waals surface area contributed by atoms with Gasteiger partial charge in [0.05, 0.1) is 19.1 Å². The van der Waals surface area contributed by atoms with E-state index in [4.69, 9.17) is 10.8 Å². The number of hydrogen-bond donors (Lipinski definition) is 4. The predicted octanol–water partition coefficient (Wildman–Crippen LogP) is -2.30. The van der Waals surface area contributed by atoms with Crippen molar-refractivity contribution in [2.45, 2.75) is 13.0 Å². The summed E-state index contributed by atoms with van der Waals surface area (Å²) in [6.07, 6.45) is 0. The van der Waals surface area contributed by atoms with Gasteiger partial charge in [0, 0.05) is 7.05 Å². The van der Waals surface area contributed by atoms with Crippen LogP contribution in [0.1, 0.15) is 6.92 Å². The van der Waals surface area contributed by atoms with Crippen molar-refractivity contribution in [3.63, 3.8) is 0 Å². The maximum absolute atomic E-state index is 11.6. The van der Waals surface area contributed by atoms with E-state index in [1.807, 2.05) is 5.32 Å². The Kier molecular flexibility index (Phi) is 6.35. The molecule has 0 aromatic carbocycles. The van der Waals surface area contributed by atoms with Crippen LogP contribution < -0.4 is 16.4 Å². The van der Waals surface area contributed by atoms with Crippen LogP contribution >= 0.6 is 0 Å². The number of imide groups is 1. The third-order valence-electron chi connectivity index (χ3n) is 2.09. The first kappa shape index (κ1) is 15.8. The molecule has 0 saturated carbocycles. The Balaban J connectivity index is 4.66. The van der Waals surface area contributed by atoms with Gasteiger partial charge in [0.15, 0.2) is 0 Å². The van der Waals surface area contributed by atoms with Crippen molar-refractivity contribution in [3.05, 3.63) is 0 Å². The molecule has 0 radical (unpaired) electrons. The number of carboxylic acids is 1. The zero-order valence-electron chi connectivity index (χ0n) is 10.1. The Morgan fingerprint density at radius 2 is 1.83 bits per heavy atom. The van der Waals surface area contributed by atoms with Crippen molar-refractivity contribution in [2.75, 3.05) is 20.1 Å². The van der Waals surface area contributed by atoms with Crippen molar-refractivity contribution < 1.29 is 24.3 Å². The summed E-state index contributed by atoms with van der Waals surface area (Å²) in [5.74, 6) is -2.71. The molecule has 0 bridgehead atoms. The van der Waals surface area contributed by atoms with Crippen molar-refractivity contribution in [1.29, 1.82) is 0 Å². The molecule has 0 heterocycles. The van der Waals surface area contributed by atoms with E-state index < -0.39 is 42.9 Å². The molecule has 1 atom stereocenters. The van der Waals surface area contributed by atoms with Gasteiger partial charge in [-0.15, -0.1) is 0 Å². The third-order valence-corrected chi connectivity index (χ3v) is 2.09. The van der Waals surface area contributed by atoms with Gasteiger partial charge in [0.2, 0.25) is 11.8 Å². The summed E-state index contributed by atoms with van der Waals surface area (Å²) < 4.78 is 0. The SMILES string of the molecule is CNC(=O)NC(=O)C(C)N(CC(N)=O)CC(=O)O. The lowest BCUT2D eigenvalue weighted by molar-refractivity contribution is -0.140. The minimum atomic E-state index is -1.21. The van der Waals surface area contributed by atoms with E-state index >= 15 is 0 Å². The zero-order valence-corrected chi connectivity index (χ0v) is 10.1. The highest BCUT2D eigenvalue weighted by molar-refractivity contribution is 5.97. The molecule has 9 heteroatoms. The van der Waals surface area contributed by atoms with E-state index in [1.54, 1.807) is 0 Å². The van der Waals surface area contributed by atoms with Crippen LogP contribution in [0.4, 0.5) is 4.79 Å².